The number of amides is 3. The van der Waals surface area contributed by atoms with Crippen molar-refractivity contribution in [3.63, 3.8) is 0 Å². The fourth-order valence-electron chi connectivity index (χ4n) is 2.74. The number of rotatable bonds is 5. The molecule has 9 nitrogen and oxygen atoms in total. The van der Waals surface area contributed by atoms with Crippen LogP contribution in [-0.2, 0) is 0 Å². The van der Waals surface area contributed by atoms with Crippen molar-refractivity contribution in [1.29, 1.82) is 0 Å². The van der Waals surface area contributed by atoms with E-state index in [0.29, 0.717) is 22.6 Å². The van der Waals surface area contributed by atoms with E-state index in [1.807, 2.05) is 6.92 Å². The van der Waals surface area contributed by atoms with Crippen LogP contribution in [0, 0.1) is 6.92 Å². The van der Waals surface area contributed by atoms with Gasteiger partial charge in [-0.15, -0.1) is 0 Å². The van der Waals surface area contributed by atoms with Crippen LogP contribution in [0.15, 0.2) is 48.8 Å². The van der Waals surface area contributed by atoms with Gasteiger partial charge in [0.2, 0.25) is 0 Å². The number of aryl methyl sites for hydroxylation is 1. The van der Waals surface area contributed by atoms with Crippen LogP contribution in [0.4, 0.5) is 17.1 Å². The lowest BCUT2D eigenvalue weighted by Gasteiger charge is -2.09. The molecule has 1 heterocycles. The summed E-state index contributed by atoms with van der Waals surface area (Å²) in [6, 6.07) is 11.7. The fraction of sp³-hybridized carbons (Fsp3) is 0.100. The second kappa shape index (κ2) is 8.26. The van der Waals surface area contributed by atoms with Gasteiger partial charge in [-0.25, -0.2) is 4.98 Å². The third-order valence-electron chi connectivity index (χ3n) is 4.07. The molecule has 0 bridgehead atoms. The van der Waals surface area contributed by atoms with Crippen molar-refractivity contribution in [2.45, 2.75) is 6.92 Å². The number of imidazole rings is 1. The van der Waals surface area contributed by atoms with Gasteiger partial charge in [0.15, 0.2) is 5.69 Å². The minimum Gasteiger partial charge on any atom is -0.399 e. The summed E-state index contributed by atoms with van der Waals surface area (Å²) in [6.07, 6.45) is 1.27. The van der Waals surface area contributed by atoms with Crippen LogP contribution in [0.5, 0.6) is 0 Å². The Morgan fingerprint density at radius 2 is 1.55 bits per heavy atom. The van der Waals surface area contributed by atoms with Crippen molar-refractivity contribution in [3.8, 4) is 0 Å². The molecule has 0 saturated carbocycles. The van der Waals surface area contributed by atoms with Gasteiger partial charge in [0, 0.05) is 29.7 Å². The zero-order valence-corrected chi connectivity index (χ0v) is 15.9. The normalized spacial score (nSPS) is 10.3. The average Bonchev–Trinajstić information content (AvgIpc) is 3.18. The Labute approximate surface area is 166 Å². The maximum Gasteiger partial charge on any atom is 0.276 e. The van der Waals surface area contributed by atoms with E-state index in [2.05, 4.69) is 25.9 Å². The van der Waals surface area contributed by atoms with E-state index in [9.17, 15) is 14.4 Å². The summed E-state index contributed by atoms with van der Waals surface area (Å²) in [4.78, 5) is 43.0. The van der Waals surface area contributed by atoms with Crippen molar-refractivity contribution in [2.24, 2.45) is 0 Å². The summed E-state index contributed by atoms with van der Waals surface area (Å²) in [5.74, 6) is -1.26. The number of benzene rings is 2. The number of nitrogens with one attached hydrogen (secondary N) is 4. The highest BCUT2D eigenvalue weighted by Gasteiger charge is 2.19. The van der Waals surface area contributed by atoms with E-state index in [1.165, 1.54) is 13.4 Å². The largest absolute Gasteiger partial charge is 0.399 e. The standard InChI is InChI=1S/C20H20N6O3/c1-11-7-12(9-13(21)8-11)18(27)25-14-3-5-15(6-4-14)26-20(29)17-16(19(28)22-2)23-10-24-17/h3-10H,21H2,1-2H3,(H,22,28)(H,23,24)(H,25,27)(H,26,29). The van der Waals surface area contributed by atoms with Gasteiger partial charge in [0.1, 0.15) is 5.69 Å². The quantitative estimate of drug-likeness (QED) is 0.423. The van der Waals surface area contributed by atoms with Gasteiger partial charge >= 0.3 is 0 Å². The molecular weight excluding hydrogens is 372 g/mol. The molecule has 3 aromatic rings. The second-order valence-corrected chi connectivity index (χ2v) is 6.32. The fourth-order valence-corrected chi connectivity index (χ4v) is 2.74. The van der Waals surface area contributed by atoms with Gasteiger partial charge in [0.25, 0.3) is 17.7 Å². The molecule has 1 aromatic heterocycles. The predicted octanol–water partition coefficient (Wildman–Crippen LogP) is 2.16. The SMILES string of the molecule is CNC(=O)c1[nH]cnc1C(=O)Nc1ccc(NC(=O)c2cc(C)cc(N)c2)cc1. The lowest BCUT2D eigenvalue weighted by atomic mass is 10.1. The van der Waals surface area contributed by atoms with E-state index in [1.54, 1.807) is 42.5 Å². The molecule has 9 heteroatoms. The van der Waals surface area contributed by atoms with Gasteiger partial charge < -0.3 is 26.7 Å². The first-order valence-electron chi connectivity index (χ1n) is 8.72. The number of H-pyrrole nitrogens is 1. The van der Waals surface area contributed by atoms with E-state index in [-0.39, 0.29) is 17.3 Å². The molecular formula is C20H20N6O3. The molecule has 0 aliphatic heterocycles. The minimum absolute atomic E-state index is 0.0150. The lowest BCUT2D eigenvalue weighted by molar-refractivity contribution is 0.0943. The number of nitrogens with zero attached hydrogens (tertiary/aromatic N) is 1. The first-order valence-corrected chi connectivity index (χ1v) is 8.72. The van der Waals surface area contributed by atoms with Crippen LogP contribution in [0.2, 0.25) is 0 Å². The Morgan fingerprint density at radius 1 is 0.931 bits per heavy atom. The number of aromatic amines is 1. The summed E-state index contributed by atoms with van der Waals surface area (Å²) in [5.41, 5.74) is 8.75. The Morgan fingerprint density at radius 3 is 2.14 bits per heavy atom. The van der Waals surface area contributed by atoms with Crippen molar-refractivity contribution in [1.82, 2.24) is 15.3 Å². The number of carbonyl (C=O) groups is 3. The molecule has 0 atom stereocenters. The first kappa shape index (κ1) is 19.6. The van der Waals surface area contributed by atoms with E-state index in [0.717, 1.165) is 5.56 Å². The Bertz CT molecular complexity index is 1050. The second-order valence-electron chi connectivity index (χ2n) is 6.32. The zero-order valence-electron chi connectivity index (χ0n) is 15.9. The molecule has 148 valence electrons. The monoisotopic (exact) mass is 392 g/mol. The van der Waals surface area contributed by atoms with E-state index < -0.39 is 11.8 Å². The Balaban J connectivity index is 1.67. The summed E-state index contributed by atoms with van der Waals surface area (Å²) < 4.78 is 0. The highest BCUT2D eigenvalue weighted by Crippen LogP contribution is 2.17. The van der Waals surface area contributed by atoms with Gasteiger partial charge in [0.05, 0.1) is 6.33 Å². The molecule has 0 aliphatic carbocycles. The number of hydrogen-bond acceptors (Lipinski definition) is 5. The average molecular weight is 392 g/mol. The van der Waals surface area contributed by atoms with Crippen molar-refractivity contribution < 1.29 is 14.4 Å². The van der Waals surface area contributed by atoms with Gasteiger partial charge in [-0.2, -0.15) is 0 Å². The third-order valence-corrected chi connectivity index (χ3v) is 4.07. The van der Waals surface area contributed by atoms with Crippen molar-refractivity contribution in [2.75, 3.05) is 23.4 Å². The van der Waals surface area contributed by atoms with E-state index >= 15 is 0 Å². The van der Waals surface area contributed by atoms with Crippen LogP contribution in [0.3, 0.4) is 0 Å². The molecule has 0 radical (unpaired) electrons. The number of nitrogens with two attached hydrogens (primary N) is 1. The van der Waals surface area contributed by atoms with Crippen molar-refractivity contribution in [3.05, 3.63) is 71.3 Å². The van der Waals surface area contributed by atoms with Crippen LogP contribution in [0.25, 0.3) is 0 Å². The molecule has 0 saturated heterocycles. The van der Waals surface area contributed by atoms with Crippen LogP contribution < -0.4 is 21.7 Å². The summed E-state index contributed by atoms with van der Waals surface area (Å²) >= 11 is 0. The lowest BCUT2D eigenvalue weighted by Crippen LogP contribution is -2.23. The molecule has 0 spiro atoms. The topological polar surface area (TPSA) is 142 Å². The highest BCUT2D eigenvalue weighted by atomic mass is 16.2. The highest BCUT2D eigenvalue weighted by molar-refractivity contribution is 6.10. The van der Waals surface area contributed by atoms with Crippen molar-refractivity contribution >= 4 is 34.8 Å². The number of aromatic nitrogens is 2. The summed E-state index contributed by atoms with van der Waals surface area (Å²) in [7, 11) is 1.46. The van der Waals surface area contributed by atoms with E-state index in [4.69, 9.17) is 5.73 Å². The Hall–Kier alpha value is -4.14. The molecule has 0 aliphatic rings. The van der Waals surface area contributed by atoms with Crippen LogP contribution in [0.1, 0.15) is 36.9 Å². The molecule has 2 aromatic carbocycles. The van der Waals surface area contributed by atoms with Gasteiger partial charge in [-0.1, -0.05) is 0 Å². The molecule has 0 unspecified atom stereocenters. The van der Waals surface area contributed by atoms with Gasteiger partial charge in [-0.05, 0) is 55.0 Å². The molecule has 0 fully saturated rings. The summed E-state index contributed by atoms with van der Waals surface area (Å²) in [5, 5.41) is 7.87. The van der Waals surface area contributed by atoms with Gasteiger partial charge in [-0.3, -0.25) is 14.4 Å². The molecule has 3 amide bonds. The predicted molar refractivity (Wildman–Crippen MR) is 110 cm³/mol. The van der Waals surface area contributed by atoms with Crippen LogP contribution in [-0.4, -0.2) is 34.7 Å². The third kappa shape index (κ3) is 4.59. The maximum atomic E-state index is 12.4. The Kier molecular flexibility index (Phi) is 5.59. The zero-order chi connectivity index (χ0) is 21.0. The number of nitrogen functional groups attached to an aromatic ring is 1. The first-order chi connectivity index (χ1) is 13.9. The molecule has 6 N–H and O–H groups in total. The number of carbonyl (C=O) groups excluding carboxylic acids is 3. The number of anilines is 3. The number of hydrogen-bond donors (Lipinski definition) is 5. The maximum absolute atomic E-state index is 12.4. The van der Waals surface area contributed by atoms with Crippen LogP contribution >= 0.6 is 0 Å². The minimum atomic E-state index is -0.531. The molecule has 3 rings (SSSR count). The summed E-state index contributed by atoms with van der Waals surface area (Å²) in [6.45, 7) is 1.86. The smallest absolute Gasteiger partial charge is 0.276 e. The molecule has 29 heavy (non-hydrogen) atoms.